The summed E-state index contributed by atoms with van der Waals surface area (Å²) in [7, 11) is 0. The largest absolute Gasteiger partial charge is 0.365 e. The van der Waals surface area contributed by atoms with Crippen molar-refractivity contribution in [2.75, 3.05) is 44.2 Å². The van der Waals surface area contributed by atoms with E-state index in [2.05, 4.69) is 9.97 Å². The van der Waals surface area contributed by atoms with Crippen molar-refractivity contribution in [1.29, 1.82) is 0 Å². The van der Waals surface area contributed by atoms with Crippen LogP contribution in [0.5, 0.6) is 0 Å². The number of carbonyl (C=O) groups is 2. The Kier molecular flexibility index (Phi) is 5.15. The molecule has 0 bridgehead atoms. The first-order chi connectivity index (χ1) is 14.0. The molecule has 2 aromatic heterocycles. The van der Waals surface area contributed by atoms with Crippen LogP contribution in [0.25, 0.3) is 0 Å². The predicted molar refractivity (Wildman–Crippen MR) is 105 cm³/mol. The molecule has 0 spiro atoms. The number of hydrogen-bond acceptors (Lipinski definition) is 6. The standard InChI is InChI=1S/C19H22N6O4/c26-18(14-11-16(20-12-14)19(27)23-5-1-2-6-23)24-9-7-22(8-10-24)15-3-4-17(21-13-15)25(28)29/h3-4,11-13,20H,1-2,5-10H2. The fourth-order valence-electron chi connectivity index (χ4n) is 3.76. The second-order valence-electron chi connectivity index (χ2n) is 7.21. The summed E-state index contributed by atoms with van der Waals surface area (Å²) in [5.74, 6) is -0.352. The van der Waals surface area contributed by atoms with E-state index in [4.69, 9.17) is 0 Å². The molecule has 2 amide bonds. The summed E-state index contributed by atoms with van der Waals surface area (Å²) >= 11 is 0. The van der Waals surface area contributed by atoms with Crippen LogP contribution in [0.15, 0.2) is 30.6 Å². The van der Waals surface area contributed by atoms with Crippen LogP contribution in [0.1, 0.15) is 33.7 Å². The van der Waals surface area contributed by atoms with Crippen LogP contribution < -0.4 is 4.90 Å². The summed E-state index contributed by atoms with van der Waals surface area (Å²) in [6, 6.07) is 4.69. The third-order valence-electron chi connectivity index (χ3n) is 5.40. The van der Waals surface area contributed by atoms with Crippen molar-refractivity contribution >= 4 is 23.3 Å². The smallest absolute Gasteiger partial charge is 0.363 e. The zero-order valence-electron chi connectivity index (χ0n) is 15.9. The van der Waals surface area contributed by atoms with Gasteiger partial charge in [-0.2, -0.15) is 0 Å². The number of amides is 2. The van der Waals surface area contributed by atoms with E-state index in [1.165, 1.54) is 12.3 Å². The van der Waals surface area contributed by atoms with Gasteiger partial charge in [-0.25, -0.2) is 0 Å². The van der Waals surface area contributed by atoms with Gasteiger partial charge in [0.1, 0.15) is 5.69 Å². The fourth-order valence-corrected chi connectivity index (χ4v) is 3.76. The highest BCUT2D eigenvalue weighted by molar-refractivity contribution is 5.99. The molecule has 0 unspecified atom stereocenters. The van der Waals surface area contributed by atoms with Gasteiger partial charge in [-0.05, 0) is 34.9 Å². The Hall–Kier alpha value is -3.43. The zero-order valence-corrected chi connectivity index (χ0v) is 15.9. The number of piperazine rings is 1. The molecular formula is C19H22N6O4. The Balaban J connectivity index is 1.35. The number of aromatic nitrogens is 2. The molecule has 0 aliphatic carbocycles. The third kappa shape index (κ3) is 3.91. The van der Waals surface area contributed by atoms with E-state index in [-0.39, 0.29) is 17.6 Å². The molecule has 1 N–H and O–H groups in total. The lowest BCUT2D eigenvalue weighted by Gasteiger charge is -2.35. The number of likely N-dealkylation sites (tertiary alicyclic amines) is 1. The number of pyridine rings is 1. The maximum Gasteiger partial charge on any atom is 0.363 e. The zero-order chi connectivity index (χ0) is 20.4. The van der Waals surface area contributed by atoms with Crippen molar-refractivity contribution in [3.63, 3.8) is 0 Å². The molecule has 0 radical (unpaired) electrons. The molecule has 0 aromatic carbocycles. The molecule has 0 atom stereocenters. The fraction of sp³-hybridized carbons (Fsp3) is 0.421. The molecule has 4 heterocycles. The van der Waals surface area contributed by atoms with Crippen molar-refractivity contribution in [1.82, 2.24) is 19.8 Å². The van der Waals surface area contributed by atoms with Crippen molar-refractivity contribution in [3.8, 4) is 0 Å². The Morgan fingerprint density at radius 1 is 1.00 bits per heavy atom. The number of hydrogen-bond donors (Lipinski definition) is 1. The van der Waals surface area contributed by atoms with Gasteiger partial charge in [-0.3, -0.25) is 9.59 Å². The second kappa shape index (κ2) is 7.90. The van der Waals surface area contributed by atoms with Crippen LogP contribution in [0.4, 0.5) is 11.5 Å². The average Bonchev–Trinajstić information content (AvgIpc) is 3.45. The SMILES string of the molecule is O=C(c1c[nH]c(C(=O)N2CCCC2)c1)N1CCN(c2ccc([N+](=O)[O-])nc2)CC1. The molecule has 2 aliphatic rings. The summed E-state index contributed by atoms with van der Waals surface area (Å²) in [5, 5.41) is 10.7. The van der Waals surface area contributed by atoms with Gasteiger partial charge in [0.15, 0.2) is 6.20 Å². The Bertz CT molecular complexity index is 911. The second-order valence-corrected chi connectivity index (χ2v) is 7.21. The molecule has 152 valence electrons. The van der Waals surface area contributed by atoms with Gasteiger partial charge in [0, 0.05) is 51.5 Å². The number of nitro groups is 1. The van der Waals surface area contributed by atoms with Crippen molar-refractivity contribution in [2.24, 2.45) is 0 Å². The number of H-pyrrole nitrogens is 1. The first-order valence-corrected chi connectivity index (χ1v) is 9.65. The Morgan fingerprint density at radius 3 is 2.31 bits per heavy atom. The van der Waals surface area contributed by atoms with Gasteiger partial charge in [0.2, 0.25) is 0 Å². The molecule has 2 aliphatic heterocycles. The Labute approximate surface area is 167 Å². The number of anilines is 1. The monoisotopic (exact) mass is 398 g/mol. The van der Waals surface area contributed by atoms with E-state index in [9.17, 15) is 19.7 Å². The Morgan fingerprint density at radius 2 is 1.69 bits per heavy atom. The molecule has 29 heavy (non-hydrogen) atoms. The normalized spacial score (nSPS) is 16.9. The van der Waals surface area contributed by atoms with Crippen LogP contribution in [-0.2, 0) is 0 Å². The molecule has 0 saturated carbocycles. The summed E-state index contributed by atoms with van der Waals surface area (Å²) in [6.07, 6.45) is 5.12. The minimum atomic E-state index is -0.528. The minimum absolute atomic E-state index is 0.0583. The van der Waals surface area contributed by atoms with E-state index < -0.39 is 4.92 Å². The van der Waals surface area contributed by atoms with E-state index in [0.29, 0.717) is 37.4 Å². The number of rotatable bonds is 4. The van der Waals surface area contributed by atoms with Gasteiger partial charge in [-0.15, -0.1) is 0 Å². The number of nitrogens with zero attached hydrogens (tertiary/aromatic N) is 5. The van der Waals surface area contributed by atoms with Crippen LogP contribution in [0, 0.1) is 10.1 Å². The first kappa shape index (κ1) is 18.9. The summed E-state index contributed by atoms with van der Waals surface area (Å²) < 4.78 is 0. The summed E-state index contributed by atoms with van der Waals surface area (Å²) in [5.41, 5.74) is 1.73. The topological polar surface area (TPSA) is 116 Å². The van der Waals surface area contributed by atoms with Crippen molar-refractivity contribution < 1.29 is 14.5 Å². The van der Waals surface area contributed by atoms with Crippen LogP contribution in [-0.4, -0.2) is 75.8 Å². The van der Waals surface area contributed by atoms with E-state index in [1.807, 2.05) is 4.90 Å². The van der Waals surface area contributed by atoms with Gasteiger partial charge in [0.25, 0.3) is 11.8 Å². The van der Waals surface area contributed by atoms with Crippen molar-refractivity contribution in [2.45, 2.75) is 12.8 Å². The molecular weight excluding hydrogens is 376 g/mol. The lowest BCUT2D eigenvalue weighted by atomic mass is 10.2. The third-order valence-corrected chi connectivity index (χ3v) is 5.40. The number of nitrogens with one attached hydrogen (secondary N) is 1. The molecule has 4 rings (SSSR count). The highest BCUT2D eigenvalue weighted by Gasteiger charge is 2.26. The van der Waals surface area contributed by atoms with Crippen LogP contribution in [0.3, 0.4) is 0 Å². The van der Waals surface area contributed by atoms with Gasteiger partial charge in [-0.1, -0.05) is 0 Å². The molecule has 2 saturated heterocycles. The number of carbonyl (C=O) groups excluding carboxylic acids is 2. The van der Waals surface area contributed by atoms with Gasteiger partial charge >= 0.3 is 5.82 Å². The maximum absolute atomic E-state index is 12.8. The lowest BCUT2D eigenvalue weighted by molar-refractivity contribution is -0.389. The first-order valence-electron chi connectivity index (χ1n) is 9.65. The molecule has 10 nitrogen and oxygen atoms in total. The van der Waals surface area contributed by atoms with Crippen LogP contribution in [0.2, 0.25) is 0 Å². The molecule has 2 fully saturated rings. The van der Waals surface area contributed by atoms with E-state index >= 15 is 0 Å². The molecule has 10 heteroatoms. The predicted octanol–water partition coefficient (Wildman–Crippen LogP) is 1.52. The van der Waals surface area contributed by atoms with Crippen molar-refractivity contribution in [3.05, 3.63) is 52.0 Å². The minimum Gasteiger partial charge on any atom is -0.365 e. The quantitative estimate of drug-likeness (QED) is 0.617. The molecule has 2 aromatic rings. The average molecular weight is 398 g/mol. The maximum atomic E-state index is 12.8. The van der Waals surface area contributed by atoms with Gasteiger partial charge in [0.05, 0.1) is 11.3 Å². The van der Waals surface area contributed by atoms with E-state index in [0.717, 1.165) is 31.6 Å². The van der Waals surface area contributed by atoms with E-state index in [1.54, 1.807) is 28.1 Å². The summed E-state index contributed by atoms with van der Waals surface area (Å²) in [6.45, 7) is 3.79. The van der Waals surface area contributed by atoms with Crippen LogP contribution >= 0.6 is 0 Å². The highest BCUT2D eigenvalue weighted by Crippen LogP contribution is 2.19. The lowest BCUT2D eigenvalue weighted by Crippen LogP contribution is -2.48. The summed E-state index contributed by atoms with van der Waals surface area (Å²) in [4.78, 5) is 47.8. The highest BCUT2D eigenvalue weighted by atomic mass is 16.6. The number of aromatic amines is 1. The van der Waals surface area contributed by atoms with Gasteiger partial charge < -0.3 is 29.8 Å².